The summed E-state index contributed by atoms with van der Waals surface area (Å²) in [5.74, 6) is 1.30. The van der Waals surface area contributed by atoms with Crippen molar-refractivity contribution in [2.45, 2.75) is 13.8 Å². The van der Waals surface area contributed by atoms with E-state index in [1.54, 1.807) is 12.1 Å². The molecule has 0 spiro atoms. The number of rotatable bonds is 6. The maximum atomic E-state index is 9.50. The Morgan fingerprint density at radius 1 is 1.21 bits per heavy atom. The van der Waals surface area contributed by atoms with Crippen LogP contribution in [0.1, 0.15) is 25.0 Å². The summed E-state index contributed by atoms with van der Waals surface area (Å²) >= 11 is 9.71. The van der Waals surface area contributed by atoms with Gasteiger partial charge in [-0.25, -0.2) is 0 Å². The van der Waals surface area contributed by atoms with Gasteiger partial charge in [0.15, 0.2) is 11.5 Å². The minimum absolute atomic E-state index is 0.485. The lowest BCUT2D eigenvalue weighted by Gasteiger charge is -2.13. The highest BCUT2D eigenvalue weighted by atomic mass is 79.9. The molecule has 0 amide bonds. The Kier molecular flexibility index (Phi) is 6.72. The van der Waals surface area contributed by atoms with Crippen LogP contribution in [0.2, 0.25) is 5.02 Å². The second-order valence-electron chi connectivity index (χ2n) is 4.85. The third-order valence-corrected chi connectivity index (χ3v) is 4.13. The number of halogens is 2. The number of hydrogen-bond acceptors (Lipinski definition) is 3. The Hall–Kier alpha value is -1.96. The molecule has 0 bridgehead atoms. The van der Waals surface area contributed by atoms with Crippen molar-refractivity contribution in [3.8, 4) is 17.6 Å². The van der Waals surface area contributed by atoms with Gasteiger partial charge in [-0.3, -0.25) is 0 Å². The summed E-state index contributed by atoms with van der Waals surface area (Å²) in [4.78, 5) is 0. The molecule has 0 aliphatic carbocycles. The van der Waals surface area contributed by atoms with E-state index in [0.29, 0.717) is 40.9 Å². The van der Waals surface area contributed by atoms with E-state index in [-0.39, 0.29) is 0 Å². The molecule has 3 nitrogen and oxygen atoms in total. The van der Waals surface area contributed by atoms with Gasteiger partial charge in [0.25, 0.3) is 0 Å². The predicted molar refractivity (Wildman–Crippen MR) is 101 cm³/mol. The van der Waals surface area contributed by atoms with Gasteiger partial charge in [-0.1, -0.05) is 29.8 Å². The Morgan fingerprint density at radius 3 is 2.54 bits per heavy atom. The van der Waals surface area contributed by atoms with Crippen molar-refractivity contribution in [3.05, 3.63) is 57.0 Å². The summed E-state index contributed by atoms with van der Waals surface area (Å²) < 4.78 is 12.1. The van der Waals surface area contributed by atoms with Gasteiger partial charge >= 0.3 is 0 Å². The van der Waals surface area contributed by atoms with E-state index in [2.05, 4.69) is 22.0 Å². The molecule has 124 valence electrons. The first-order valence-electron chi connectivity index (χ1n) is 7.56. The van der Waals surface area contributed by atoms with Gasteiger partial charge in [0, 0.05) is 10.6 Å². The highest BCUT2D eigenvalue weighted by Gasteiger charge is 2.12. The number of nitrogens with zero attached hydrogens (tertiary/aromatic N) is 1. The molecule has 0 saturated carbocycles. The third kappa shape index (κ3) is 4.31. The molecule has 5 heteroatoms. The topological polar surface area (TPSA) is 42.2 Å². The second kappa shape index (κ2) is 8.77. The molecule has 0 saturated heterocycles. The minimum Gasteiger partial charge on any atom is -0.490 e. The molecule has 0 fully saturated rings. The van der Waals surface area contributed by atoms with Crippen LogP contribution in [-0.4, -0.2) is 13.2 Å². The number of allylic oxidation sites excluding steroid dienone is 1. The molecule has 0 aliphatic rings. The molecule has 2 rings (SSSR count). The largest absolute Gasteiger partial charge is 0.490 e. The van der Waals surface area contributed by atoms with E-state index in [1.807, 2.05) is 44.2 Å². The number of benzene rings is 2. The standard InChI is InChI=1S/C19H17BrClNO2/c1-3-23-18-11-13(10-16(20)19(18)24-4-2)9-14(12-22)15-7-5-6-8-17(15)21/h5-11H,3-4H2,1-2H3. The fourth-order valence-corrected chi connectivity index (χ4v) is 3.05. The van der Waals surface area contributed by atoms with E-state index in [1.165, 1.54) is 0 Å². The van der Waals surface area contributed by atoms with Crippen LogP contribution < -0.4 is 9.47 Å². The first kappa shape index (κ1) is 18.4. The normalized spacial score (nSPS) is 11.0. The van der Waals surface area contributed by atoms with Crippen LogP contribution >= 0.6 is 27.5 Å². The van der Waals surface area contributed by atoms with Gasteiger partial charge in [-0.05, 0) is 59.6 Å². The van der Waals surface area contributed by atoms with E-state index >= 15 is 0 Å². The first-order valence-corrected chi connectivity index (χ1v) is 8.73. The van der Waals surface area contributed by atoms with Crippen LogP contribution in [0.3, 0.4) is 0 Å². The molecule has 0 heterocycles. The molecular formula is C19H17BrClNO2. The minimum atomic E-state index is 0.485. The molecule has 0 N–H and O–H groups in total. The highest BCUT2D eigenvalue weighted by molar-refractivity contribution is 9.10. The summed E-state index contributed by atoms with van der Waals surface area (Å²) in [6.45, 7) is 4.89. The van der Waals surface area contributed by atoms with Gasteiger partial charge in [0.05, 0.1) is 29.3 Å². The Balaban J connectivity index is 2.51. The van der Waals surface area contributed by atoms with Crippen molar-refractivity contribution in [2.75, 3.05) is 13.2 Å². The second-order valence-corrected chi connectivity index (χ2v) is 6.11. The first-order chi connectivity index (χ1) is 11.6. The van der Waals surface area contributed by atoms with Crippen molar-refractivity contribution >= 4 is 39.2 Å². The molecule has 2 aromatic carbocycles. The van der Waals surface area contributed by atoms with Crippen molar-refractivity contribution in [2.24, 2.45) is 0 Å². The van der Waals surface area contributed by atoms with Crippen LogP contribution in [0.5, 0.6) is 11.5 Å². The van der Waals surface area contributed by atoms with Crippen LogP contribution in [-0.2, 0) is 0 Å². The van der Waals surface area contributed by atoms with Crippen molar-refractivity contribution in [1.29, 1.82) is 5.26 Å². The van der Waals surface area contributed by atoms with E-state index in [4.69, 9.17) is 21.1 Å². The zero-order chi connectivity index (χ0) is 17.5. The molecule has 0 aromatic heterocycles. The SMILES string of the molecule is CCOc1cc(C=C(C#N)c2ccccc2Cl)cc(Br)c1OCC. The summed E-state index contributed by atoms with van der Waals surface area (Å²) in [6, 6.07) is 13.2. The summed E-state index contributed by atoms with van der Waals surface area (Å²) in [5, 5.41) is 10.0. The van der Waals surface area contributed by atoms with Crippen molar-refractivity contribution in [3.63, 3.8) is 0 Å². The fraction of sp³-hybridized carbons (Fsp3) is 0.211. The summed E-state index contributed by atoms with van der Waals surface area (Å²) in [7, 11) is 0. The van der Waals surface area contributed by atoms with Crippen molar-refractivity contribution in [1.82, 2.24) is 0 Å². The predicted octanol–water partition coefficient (Wildman–Crippen LogP) is 5.96. The lowest BCUT2D eigenvalue weighted by atomic mass is 10.0. The van der Waals surface area contributed by atoms with Crippen LogP contribution in [0, 0.1) is 11.3 Å². The Labute approximate surface area is 155 Å². The van der Waals surface area contributed by atoms with E-state index in [9.17, 15) is 5.26 Å². The average Bonchev–Trinajstić information content (AvgIpc) is 2.57. The molecule has 24 heavy (non-hydrogen) atoms. The smallest absolute Gasteiger partial charge is 0.175 e. The lowest BCUT2D eigenvalue weighted by Crippen LogP contribution is -1.99. The zero-order valence-corrected chi connectivity index (χ0v) is 15.8. The Bertz CT molecular complexity index is 796. The number of nitriles is 1. The summed E-state index contributed by atoms with van der Waals surface area (Å²) in [6.07, 6.45) is 1.78. The molecule has 0 radical (unpaired) electrons. The van der Waals surface area contributed by atoms with Gasteiger partial charge in [0.2, 0.25) is 0 Å². The fourth-order valence-electron chi connectivity index (χ4n) is 2.24. The molecule has 0 atom stereocenters. The van der Waals surface area contributed by atoms with Crippen LogP contribution in [0.25, 0.3) is 11.6 Å². The third-order valence-electron chi connectivity index (χ3n) is 3.22. The van der Waals surface area contributed by atoms with Gasteiger partial charge in [-0.15, -0.1) is 0 Å². The van der Waals surface area contributed by atoms with Crippen LogP contribution in [0.15, 0.2) is 40.9 Å². The van der Waals surface area contributed by atoms with Gasteiger partial charge in [0.1, 0.15) is 0 Å². The zero-order valence-electron chi connectivity index (χ0n) is 13.5. The maximum Gasteiger partial charge on any atom is 0.175 e. The number of ether oxygens (including phenoxy) is 2. The van der Waals surface area contributed by atoms with E-state index < -0.39 is 0 Å². The monoisotopic (exact) mass is 405 g/mol. The maximum absolute atomic E-state index is 9.50. The summed E-state index contributed by atoms with van der Waals surface area (Å²) in [5.41, 5.74) is 2.01. The molecule has 0 aliphatic heterocycles. The molecule has 2 aromatic rings. The Morgan fingerprint density at radius 2 is 1.92 bits per heavy atom. The van der Waals surface area contributed by atoms with Crippen molar-refractivity contribution < 1.29 is 9.47 Å². The quantitative estimate of drug-likeness (QED) is 0.439. The lowest BCUT2D eigenvalue weighted by molar-refractivity contribution is 0.286. The van der Waals surface area contributed by atoms with Gasteiger partial charge in [-0.2, -0.15) is 5.26 Å². The number of hydrogen-bond donors (Lipinski definition) is 0. The van der Waals surface area contributed by atoms with E-state index in [0.717, 1.165) is 10.0 Å². The van der Waals surface area contributed by atoms with Crippen LogP contribution in [0.4, 0.5) is 0 Å². The molecule has 0 unspecified atom stereocenters. The average molecular weight is 407 g/mol. The molecular weight excluding hydrogens is 390 g/mol. The van der Waals surface area contributed by atoms with Gasteiger partial charge < -0.3 is 9.47 Å². The highest BCUT2D eigenvalue weighted by Crippen LogP contribution is 2.38.